The van der Waals surface area contributed by atoms with Crippen LogP contribution in [0.5, 0.6) is 0 Å². The lowest BCUT2D eigenvalue weighted by Gasteiger charge is -2.27. The molecule has 1 aliphatic rings. The number of aromatic nitrogens is 1. The summed E-state index contributed by atoms with van der Waals surface area (Å²) in [6.07, 6.45) is 3.12. The van der Waals surface area contributed by atoms with Crippen molar-refractivity contribution in [3.8, 4) is 0 Å². The van der Waals surface area contributed by atoms with Crippen molar-refractivity contribution in [1.29, 1.82) is 0 Å². The van der Waals surface area contributed by atoms with Crippen LogP contribution >= 0.6 is 11.3 Å². The number of carbonyl (C=O) groups is 2. The Morgan fingerprint density at radius 1 is 1.19 bits per heavy atom. The minimum absolute atomic E-state index is 0.131. The van der Waals surface area contributed by atoms with Gasteiger partial charge >= 0.3 is 5.97 Å². The summed E-state index contributed by atoms with van der Waals surface area (Å²) in [7, 11) is -2.61. The van der Waals surface area contributed by atoms with Crippen LogP contribution in [0, 0.1) is 0 Å². The number of hydrogen-bond donors (Lipinski definition) is 1. The van der Waals surface area contributed by atoms with Crippen LogP contribution in [-0.2, 0) is 19.4 Å². The van der Waals surface area contributed by atoms with Gasteiger partial charge in [-0.15, -0.1) is 0 Å². The Hall–Kier alpha value is -2.26. The fraction of sp³-hybridized carbons (Fsp3) is 0.353. The summed E-state index contributed by atoms with van der Waals surface area (Å²) in [5.74, 6) is -1.17. The van der Waals surface area contributed by atoms with Crippen LogP contribution < -0.4 is 5.32 Å². The van der Waals surface area contributed by atoms with E-state index in [-0.39, 0.29) is 27.7 Å². The molecule has 26 heavy (non-hydrogen) atoms. The number of methoxy groups -OCH3 is 1. The van der Waals surface area contributed by atoms with Gasteiger partial charge in [0.2, 0.25) is 5.91 Å². The second-order valence-electron chi connectivity index (χ2n) is 5.99. The summed E-state index contributed by atoms with van der Waals surface area (Å²) in [6.45, 7) is 0. The number of benzene rings is 1. The number of thiazole rings is 1. The molecular formula is C17H18N2O5S2. The van der Waals surface area contributed by atoms with E-state index < -0.39 is 26.5 Å². The van der Waals surface area contributed by atoms with Crippen LogP contribution in [0.1, 0.15) is 35.4 Å². The second kappa shape index (κ2) is 7.16. The molecule has 1 heterocycles. The largest absolute Gasteiger partial charge is 0.465 e. The number of carbonyl (C=O) groups excluding carboxylic acids is 2. The molecule has 1 saturated carbocycles. The molecular weight excluding hydrogens is 376 g/mol. The van der Waals surface area contributed by atoms with Gasteiger partial charge in [-0.2, -0.15) is 0 Å². The molecule has 0 radical (unpaired) electrons. The smallest absolute Gasteiger partial charge is 0.349 e. The predicted molar refractivity (Wildman–Crippen MR) is 96.9 cm³/mol. The lowest BCUT2D eigenvalue weighted by Crippen LogP contribution is -2.47. The molecule has 0 aliphatic heterocycles. The highest BCUT2D eigenvalue weighted by atomic mass is 32.2. The van der Waals surface area contributed by atoms with E-state index in [1.54, 1.807) is 18.2 Å². The first-order chi connectivity index (χ1) is 12.4. The summed E-state index contributed by atoms with van der Waals surface area (Å²) in [5.41, 5.74) is 0. The van der Waals surface area contributed by atoms with Gasteiger partial charge in [0.1, 0.15) is 4.88 Å². The summed E-state index contributed by atoms with van der Waals surface area (Å²) in [5, 5.41) is 2.75. The van der Waals surface area contributed by atoms with E-state index in [4.69, 9.17) is 0 Å². The maximum atomic E-state index is 13.2. The molecule has 0 bridgehead atoms. The summed E-state index contributed by atoms with van der Waals surface area (Å²) >= 11 is 0.945. The molecule has 1 N–H and O–H groups in total. The quantitative estimate of drug-likeness (QED) is 0.782. The van der Waals surface area contributed by atoms with Crippen molar-refractivity contribution in [1.82, 2.24) is 4.98 Å². The molecule has 1 aliphatic carbocycles. The zero-order chi connectivity index (χ0) is 18.8. The third-order valence-corrected chi connectivity index (χ3v) is 7.91. The van der Waals surface area contributed by atoms with Crippen molar-refractivity contribution < 1.29 is 22.7 Å². The van der Waals surface area contributed by atoms with Crippen LogP contribution in [0.4, 0.5) is 5.13 Å². The predicted octanol–water partition coefficient (Wildman–Crippen LogP) is 2.65. The fourth-order valence-corrected chi connectivity index (χ4v) is 5.94. The van der Waals surface area contributed by atoms with Gasteiger partial charge in [-0.05, 0) is 25.0 Å². The minimum Gasteiger partial charge on any atom is -0.465 e. The van der Waals surface area contributed by atoms with Crippen molar-refractivity contribution in [3.05, 3.63) is 41.4 Å². The minimum atomic E-state index is -3.86. The zero-order valence-electron chi connectivity index (χ0n) is 14.1. The van der Waals surface area contributed by atoms with Crippen LogP contribution in [-0.4, -0.2) is 37.1 Å². The standard InChI is InChI=1S/C17H18N2O5S2/c1-24-14(20)13-11-18-16(25-13)19-15(21)17(9-5-6-10-17)26(22,23)12-7-3-2-4-8-12/h2-4,7-8,11H,5-6,9-10H2,1H3,(H,18,19,21). The monoisotopic (exact) mass is 394 g/mol. The normalized spacial score (nSPS) is 16.2. The van der Waals surface area contributed by atoms with Gasteiger partial charge in [0.25, 0.3) is 0 Å². The van der Waals surface area contributed by atoms with E-state index in [0.29, 0.717) is 12.8 Å². The van der Waals surface area contributed by atoms with Crippen LogP contribution in [0.15, 0.2) is 41.4 Å². The topological polar surface area (TPSA) is 102 Å². The van der Waals surface area contributed by atoms with Gasteiger partial charge in [0.05, 0.1) is 18.2 Å². The molecule has 0 atom stereocenters. The molecule has 9 heteroatoms. The van der Waals surface area contributed by atoms with Crippen molar-refractivity contribution >= 4 is 38.2 Å². The lowest BCUT2D eigenvalue weighted by molar-refractivity contribution is -0.118. The van der Waals surface area contributed by atoms with Crippen LogP contribution in [0.25, 0.3) is 0 Å². The van der Waals surface area contributed by atoms with E-state index >= 15 is 0 Å². The number of amides is 1. The van der Waals surface area contributed by atoms with E-state index in [1.165, 1.54) is 25.4 Å². The van der Waals surface area contributed by atoms with Gasteiger partial charge in [0, 0.05) is 0 Å². The van der Waals surface area contributed by atoms with E-state index in [2.05, 4.69) is 15.0 Å². The molecule has 1 fully saturated rings. The highest BCUT2D eigenvalue weighted by Crippen LogP contribution is 2.41. The van der Waals surface area contributed by atoms with Crippen molar-refractivity contribution in [2.24, 2.45) is 0 Å². The Morgan fingerprint density at radius 2 is 1.85 bits per heavy atom. The summed E-state index contributed by atoms with van der Waals surface area (Å²) in [4.78, 5) is 28.8. The van der Waals surface area contributed by atoms with E-state index in [9.17, 15) is 18.0 Å². The van der Waals surface area contributed by atoms with Crippen molar-refractivity contribution in [2.45, 2.75) is 35.3 Å². The number of nitrogens with zero attached hydrogens (tertiary/aromatic N) is 1. The molecule has 2 aromatic rings. The van der Waals surface area contributed by atoms with Gasteiger partial charge in [-0.3, -0.25) is 4.79 Å². The number of sulfone groups is 1. The Bertz CT molecular complexity index is 916. The molecule has 7 nitrogen and oxygen atoms in total. The molecule has 138 valence electrons. The Kier molecular flexibility index (Phi) is 5.10. The second-order valence-corrected chi connectivity index (χ2v) is 9.28. The Labute approximate surface area is 155 Å². The maximum absolute atomic E-state index is 13.2. The molecule has 3 rings (SSSR count). The number of hydrogen-bond acceptors (Lipinski definition) is 7. The average molecular weight is 394 g/mol. The lowest BCUT2D eigenvalue weighted by atomic mass is 10.1. The number of ether oxygens (including phenoxy) is 1. The van der Waals surface area contributed by atoms with Crippen LogP contribution in [0.2, 0.25) is 0 Å². The Balaban J connectivity index is 1.91. The maximum Gasteiger partial charge on any atom is 0.349 e. The Morgan fingerprint density at radius 3 is 2.46 bits per heavy atom. The molecule has 0 spiro atoms. The molecule has 0 saturated heterocycles. The first-order valence-electron chi connectivity index (χ1n) is 8.06. The van der Waals surface area contributed by atoms with Gasteiger partial charge in [0.15, 0.2) is 19.7 Å². The number of rotatable bonds is 5. The van der Waals surface area contributed by atoms with Crippen LogP contribution in [0.3, 0.4) is 0 Å². The third-order valence-electron chi connectivity index (χ3n) is 4.51. The number of anilines is 1. The van der Waals surface area contributed by atoms with Gasteiger partial charge in [-0.1, -0.05) is 42.4 Å². The SMILES string of the molecule is COC(=O)c1cnc(NC(=O)C2(S(=O)(=O)c3ccccc3)CCCC2)s1. The van der Waals surface area contributed by atoms with E-state index in [1.807, 2.05) is 0 Å². The molecule has 1 amide bonds. The number of nitrogens with one attached hydrogen (secondary N) is 1. The first-order valence-corrected chi connectivity index (χ1v) is 10.4. The third kappa shape index (κ3) is 3.12. The average Bonchev–Trinajstić information content (AvgIpc) is 3.32. The van der Waals surface area contributed by atoms with E-state index in [0.717, 1.165) is 11.3 Å². The van der Waals surface area contributed by atoms with Crippen molar-refractivity contribution in [3.63, 3.8) is 0 Å². The van der Waals surface area contributed by atoms with Gasteiger partial charge < -0.3 is 10.1 Å². The summed E-state index contributed by atoms with van der Waals surface area (Å²) < 4.78 is 29.5. The van der Waals surface area contributed by atoms with Gasteiger partial charge in [-0.25, -0.2) is 18.2 Å². The molecule has 0 unspecified atom stereocenters. The van der Waals surface area contributed by atoms with Crippen molar-refractivity contribution in [2.75, 3.05) is 12.4 Å². The number of esters is 1. The highest BCUT2D eigenvalue weighted by molar-refractivity contribution is 7.93. The molecule has 1 aromatic carbocycles. The summed E-state index contributed by atoms with van der Waals surface area (Å²) in [6, 6.07) is 8.00. The fourth-order valence-electron chi connectivity index (χ4n) is 3.13. The zero-order valence-corrected chi connectivity index (χ0v) is 15.7. The highest BCUT2D eigenvalue weighted by Gasteiger charge is 2.53. The first kappa shape index (κ1) is 18.5. The molecule has 1 aromatic heterocycles.